The number of alkyl halides is 3. The van der Waals surface area contributed by atoms with Gasteiger partial charge in [-0.3, -0.25) is 33.9 Å². The van der Waals surface area contributed by atoms with Crippen molar-refractivity contribution in [2.45, 2.75) is 128 Å². The first-order valence-corrected chi connectivity index (χ1v) is 21.8. The first-order chi connectivity index (χ1) is 26.5. The maximum atomic E-state index is 14.8. The summed E-state index contributed by atoms with van der Waals surface area (Å²) >= 11 is 1.39. The van der Waals surface area contributed by atoms with Gasteiger partial charge in [0.1, 0.15) is 11.9 Å². The van der Waals surface area contributed by atoms with Crippen LogP contribution in [0.5, 0.6) is 5.75 Å². The van der Waals surface area contributed by atoms with E-state index in [-0.39, 0.29) is 31.7 Å². The number of Topliss-reactive ketones (excluding diaryl/α,β-unsaturated/α-hetero) is 1. The molecular weight excluding hydrogens is 786 g/mol. The van der Waals surface area contributed by atoms with Crippen molar-refractivity contribution in [3.63, 3.8) is 0 Å². The molecule has 6 rings (SSSR count). The van der Waals surface area contributed by atoms with E-state index in [0.717, 1.165) is 18.7 Å². The zero-order valence-electron chi connectivity index (χ0n) is 33.1. The molecule has 12 nitrogen and oxygen atoms in total. The molecular formula is C40H51F3N4O8S2. The molecule has 2 aliphatic heterocycles. The fourth-order valence-corrected chi connectivity index (χ4v) is 9.93. The fraction of sp³-hybridized carbons (Fsp3) is 0.650. The number of carbonyl (C=O) groups is 4. The number of fused-ring (bicyclic) bond motifs is 2. The molecule has 2 saturated carbocycles. The van der Waals surface area contributed by atoms with Crippen LogP contribution in [0.4, 0.5) is 13.2 Å². The van der Waals surface area contributed by atoms with E-state index in [0.29, 0.717) is 49.2 Å². The SMILES string of the molecule is Cc1cc(O[C@@H]2C[C@H]3C(=O)C[C@]4(C(=O)NS(=O)(=O)C5(C)CC5)C[C@H]4/C=C\CC[C@H](C)C[C@@H](C)[C@H](CC(=O)OC(C)(C)C(F)(F)F)C(=O)N3C2)cc(-c2cncs2)n1. The summed E-state index contributed by atoms with van der Waals surface area (Å²) in [6.45, 7) is 8.51. The molecule has 1 N–H and O–H groups in total. The number of esters is 1. The number of thiazole rings is 1. The molecule has 0 radical (unpaired) electrons. The van der Waals surface area contributed by atoms with Crippen molar-refractivity contribution in [1.29, 1.82) is 0 Å². The van der Waals surface area contributed by atoms with E-state index in [1.807, 2.05) is 19.1 Å². The molecule has 3 fully saturated rings. The zero-order chi connectivity index (χ0) is 41.7. The van der Waals surface area contributed by atoms with E-state index >= 15 is 0 Å². The van der Waals surface area contributed by atoms with Crippen LogP contribution in [0.2, 0.25) is 0 Å². The Morgan fingerprint density at radius 2 is 1.84 bits per heavy atom. The first-order valence-electron chi connectivity index (χ1n) is 19.4. The Labute approximate surface area is 335 Å². The molecule has 0 bridgehead atoms. The standard InChI is InChI=1S/C40H51F3N4O8S2/c1-23-9-7-8-10-26-18-39(26,36(51)46-57(52,53)38(6)11-12-38)19-32(48)31-16-28(54-27-14-25(3)45-30(15-27)33-20-44-22-56-33)21-47(31)35(50)29(24(2)13-23)17-34(49)55-37(4,5)40(41,42)43/h8,10,14-15,20,22-24,26,28-29,31H,7,9,11-13,16-19,21H2,1-6H3,(H,46,51)/b10-8-/t23-,24+,26+,28+,29-,31-,39+/m0/s1. The van der Waals surface area contributed by atoms with E-state index in [1.54, 1.807) is 44.6 Å². The number of aryl methyl sites for hydroxylation is 1. The van der Waals surface area contributed by atoms with Crippen molar-refractivity contribution in [1.82, 2.24) is 19.6 Å². The maximum Gasteiger partial charge on any atom is 0.427 e. The molecule has 4 aliphatic rings. The van der Waals surface area contributed by atoms with Gasteiger partial charge in [0.25, 0.3) is 0 Å². The smallest absolute Gasteiger partial charge is 0.427 e. The lowest BCUT2D eigenvalue weighted by atomic mass is 9.82. The number of nitrogens with one attached hydrogen (secondary N) is 1. The van der Waals surface area contributed by atoms with Crippen molar-refractivity contribution in [2.24, 2.45) is 29.1 Å². The molecule has 0 unspecified atom stereocenters. The number of hydrogen-bond acceptors (Lipinski definition) is 11. The number of hydrogen-bond donors (Lipinski definition) is 1. The molecule has 2 aliphatic carbocycles. The van der Waals surface area contributed by atoms with Gasteiger partial charge in [0.05, 0.1) is 51.2 Å². The van der Waals surface area contributed by atoms with Gasteiger partial charge in [-0.15, -0.1) is 11.3 Å². The Morgan fingerprint density at radius 3 is 2.49 bits per heavy atom. The lowest BCUT2D eigenvalue weighted by Crippen LogP contribution is -2.48. The number of rotatable bonds is 9. The van der Waals surface area contributed by atoms with Crippen LogP contribution in [0.25, 0.3) is 10.6 Å². The predicted molar refractivity (Wildman–Crippen MR) is 205 cm³/mol. The van der Waals surface area contributed by atoms with Crippen LogP contribution in [0.1, 0.15) is 98.1 Å². The summed E-state index contributed by atoms with van der Waals surface area (Å²) < 4.78 is 80.2. The quantitative estimate of drug-likeness (QED) is 0.212. The zero-order valence-corrected chi connectivity index (χ0v) is 34.7. The van der Waals surface area contributed by atoms with Crippen LogP contribution in [0.3, 0.4) is 0 Å². The van der Waals surface area contributed by atoms with Crippen LogP contribution in [-0.4, -0.2) is 82.1 Å². The minimum atomic E-state index is -4.86. The van der Waals surface area contributed by atoms with Gasteiger partial charge in [-0.1, -0.05) is 26.0 Å². The van der Waals surface area contributed by atoms with Gasteiger partial charge in [-0.05, 0) is 84.0 Å². The van der Waals surface area contributed by atoms with Gasteiger partial charge < -0.3 is 14.4 Å². The summed E-state index contributed by atoms with van der Waals surface area (Å²) in [7, 11) is -4.02. The van der Waals surface area contributed by atoms with Crippen molar-refractivity contribution >= 4 is 44.9 Å². The lowest BCUT2D eigenvalue weighted by molar-refractivity contribution is -0.257. The molecule has 2 aromatic rings. The summed E-state index contributed by atoms with van der Waals surface area (Å²) in [6.07, 6.45) is 1.64. The highest BCUT2D eigenvalue weighted by Gasteiger charge is 2.63. The largest absolute Gasteiger partial charge is 0.488 e. The highest BCUT2D eigenvalue weighted by molar-refractivity contribution is 7.91. The van der Waals surface area contributed by atoms with Crippen molar-refractivity contribution in [2.75, 3.05) is 6.54 Å². The Bertz CT molecular complexity index is 2020. The summed E-state index contributed by atoms with van der Waals surface area (Å²) in [6, 6.07) is 2.31. The molecule has 0 spiro atoms. The average molecular weight is 837 g/mol. The minimum absolute atomic E-state index is 0.0134. The number of amides is 2. The molecule has 7 atom stereocenters. The first kappa shape index (κ1) is 42.7. The summed E-state index contributed by atoms with van der Waals surface area (Å²) in [5.41, 5.74) is -1.23. The number of nitrogens with zero attached hydrogens (tertiary/aromatic N) is 3. The monoisotopic (exact) mass is 836 g/mol. The summed E-state index contributed by atoms with van der Waals surface area (Å²) in [5, 5.41) is 0. The Balaban J connectivity index is 1.34. The van der Waals surface area contributed by atoms with Gasteiger partial charge in [0.2, 0.25) is 27.4 Å². The number of pyridine rings is 1. The van der Waals surface area contributed by atoms with Crippen molar-refractivity contribution in [3.05, 3.63) is 41.7 Å². The van der Waals surface area contributed by atoms with Gasteiger partial charge in [0.15, 0.2) is 5.78 Å². The molecule has 312 valence electrons. The third kappa shape index (κ3) is 9.23. The molecule has 2 amide bonds. The highest BCUT2D eigenvalue weighted by Crippen LogP contribution is 2.58. The number of halogens is 3. The van der Waals surface area contributed by atoms with Gasteiger partial charge in [-0.2, -0.15) is 13.2 Å². The highest BCUT2D eigenvalue weighted by atomic mass is 32.2. The van der Waals surface area contributed by atoms with Crippen LogP contribution >= 0.6 is 11.3 Å². The second-order valence-corrected chi connectivity index (χ2v) is 20.4. The summed E-state index contributed by atoms with van der Waals surface area (Å²) in [5.74, 6) is -4.65. The number of sulfonamides is 1. The third-order valence-corrected chi connectivity index (χ3v) is 15.1. The van der Waals surface area contributed by atoms with Crippen LogP contribution in [-0.2, 0) is 33.9 Å². The van der Waals surface area contributed by atoms with Crippen molar-refractivity contribution in [3.8, 4) is 16.3 Å². The van der Waals surface area contributed by atoms with Crippen LogP contribution < -0.4 is 9.46 Å². The molecule has 4 heterocycles. The Kier molecular flexibility index (Phi) is 11.8. The van der Waals surface area contributed by atoms with E-state index in [4.69, 9.17) is 9.47 Å². The van der Waals surface area contributed by atoms with Crippen LogP contribution in [0.15, 0.2) is 36.0 Å². The molecule has 17 heteroatoms. The predicted octanol–water partition coefficient (Wildman–Crippen LogP) is 6.73. The second-order valence-electron chi connectivity index (χ2n) is 17.3. The normalized spacial score (nSPS) is 29.9. The second kappa shape index (κ2) is 15.7. The molecule has 0 aromatic carbocycles. The van der Waals surface area contributed by atoms with Gasteiger partial charge in [-0.25, -0.2) is 8.42 Å². The minimum Gasteiger partial charge on any atom is -0.488 e. The fourth-order valence-electron chi connectivity index (χ4n) is 8.01. The van der Waals surface area contributed by atoms with Crippen LogP contribution in [0, 0.1) is 36.0 Å². The molecule has 1 saturated heterocycles. The van der Waals surface area contributed by atoms with E-state index in [2.05, 4.69) is 14.7 Å². The van der Waals surface area contributed by atoms with E-state index in [1.165, 1.54) is 16.2 Å². The van der Waals surface area contributed by atoms with Crippen molar-refractivity contribution < 1.29 is 50.2 Å². The third-order valence-electron chi connectivity index (χ3n) is 12.1. The van der Waals surface area contributed by atoms with Gasteiger partial charge in [0, 0.05) is 36.9 Å². The number of ketones is 1. The van der Waals surface area contributed by atoms with Gasteiger partial charge >= 0.3 is 12.1 Å². The number of ether oxygens (including phenoxy) is 2. The molecule has 57 heavy (non-hydrogen) atoms. The number of allylic oxidation sites excluding steroid dienone is 2. The van der Waals surface area contributed by atoms with E-state index < -0.39 is 91.8 Å². The maximum absolute atomic E-state index is 14.8. The lowest BCUT2D eigenvalue weighted by Gasteiger charge is -2.33. The molecule has 2 aromatic heterocycles. The Morgan fingerprint density at radius 1 is 1.12 bits per heavy atom. The topological polar surface area (TPSA) is 162 Å². The average Bonchev–Trinajstić information content (AvgIpc) is 3.85. The Hall–Kier alpha value is -3.86. The number of aromatic nitrogens is 2. The summed E-state index contributed by atoms with van der Waals surface area (Å²) in [4.78, 5) is 67.4. The van der Waals surface area contributed by atoms with E-state index in [9.17, 15) is 40.8 Å². The number of carbonyl (C=O) groups excluding carboxylic acids is 4.